The van der Waals surface area contributed by atoms with Crippen molar-refractivity contribution in [1.29, 1.82) is 0 Å². The Hall–Kier alpha value is -2.64. The Morgan fingerprint density at radius 3 is 2.74 bits per heavy atom. The zero-order chi connectivity index (χ0) is 23.2. The van der Waals surface area contributed by atoms with Gasteiger partial charge in [-0.2, -0.15) is 0 Å². The minimum atomic E-state index is -0.222. The number of piperidine rings is 1. The van der Waals surface area contributed by atoms with Crippen LogP contribution in [-0.4, -0.2) is 59.4 Å². The lowest BCUT2D eigenvalue weighted by Gasteiger charge is -2.36. The average Bonchev–Trinajstić information content (AvgIpc) is 2.98. The van der Waals surface area contributed by atoms with Crippen molar-refractivity contribution in [3.8, 4) is 0 Å². The first-order valence-electron chi connectivity index (χ1n) is 12.3. The van der Waals surface area contributed by atoms with E-state index in [0.29, 0.717) is 28.7 Å². The number of fused-ring (bicyclic) bond motifs is 2. The first-order valence-corrected chi connectivity index (χ1v) is 12.3. The van der Waals surface area contributed by atoms with Gasteiger partial charge in [-0.25, -0.2) is 14.7 Å². The number of amides is 3. The number of likely N-dealkylation sites (tertiary alicyclic amines) is 1. The summed E-state index contributed by atoms with van der Waals surface area (Å²) < 4.78 is 0. The molecule has 1 atom stereocenters. The molecule has 2 aliphatic heterocycles. The number of nitrogens with one attached hydrogen (secondary N) is 1. The van der Waals surface area contributed by atoms with Crippen LogP contribution < -0.4 is 10.2 Å². The summed E-state index contributed by atoms with van der Waals surface area (Å²) in [4.78, 5) is 37.2. The SMILES string of the molecule is CCN(CC)CCCCC1CCCN(C(=O)N2c3ccccc3C(=O)Nc3cccnc32)C1.Cl. The number of pyridine rings is 1. The zero-order valence-electron chi connectivity index (χ0n) is 20.2. The van der Waals surface area contributed by atoms with E-state index in [4.69, 9.17) is 0 Å². The second-order valence-electron chi connectivity index (χ2n) is 8.94. The van der Waals surface area contributed by atoms with Gasteiger partial charge in [0, 0.05) is 19.3 Å². The van der Waals surface area contributed by atoms with Gasteiger partial charge < -0.3 is 15.1 Å². The Morgan fingerprint density at radius 2 is 1.94 bits per heavy atom. The van der Waals surface area contributed by atoms with Gasteiger partial charge in [-0.3, -0.25) is 4.79 Å². The van der Waals surface area contributed by atoms with E-state index < -0.39 is 0 Å². The molecule has 2 aromatic rings. The topological polar surface area (TPSA) is 68.8 Å². The van der Waals surface area contributed by atoms with Gasteiger partial charge in [0.2, 0.25) is 0 Å². The number of nitrogens with zero attached hydrogens (tertiary/aromatic N) is 4. The summed E-state index contributed by atoms with van der Waals surface area (Å²) in [5, 5.41) is 2.91. The molecule has 0 radical (unpaired) electrons. The van der Waals surface area contributed by atoms with Gasteiger partial charge in [-0.1, -0.05) is 32.4 Å². The summed E-state index contributed by atoms with van der Waals surface area (Å²) in [5.41, 5.74) is 1.62. The zero-order valence-corrected chi connectivity index (χ0v) is 21.0. The van der Waals surface area contributed by atoms with Gasteiger partial charge in [0.05, 0.1) is 16.9 Å². The van der Waals surface area contributed by atoms with Crippen molar-refractivity contribution < 1.29 is 9.59 Å². The highest BCUT2D eigenvalue weighted by Gasteiger charge is 2.34. The predicted octanol–water partition coefficient (Wildman–Crippen LogP) is 5.55. The maximum absolute atomic E-state index is 13.8. The lowest BCUT2D eigenvalue weighted by atomic mass is 9.93. The van der Waals surface area contributed by atoms with Crippen molar-refractivity contribution in [2.45, 2.75) is 46.0 Å². The number of halogens is 1. The van der Waals surface area contributed by atoms with Crippen LogP contribution in [0.25, 0.3) is 0 Å². The Labute approximate surface area is 208 Å². The monoisotopic (exact) mass is 485 g/mol. The van der Waals surface area contributed by atoms with E-state index in [9.17, 15) is 9.59 Å². The molecule has 1 N–H and O–H groups in total. The number of benzene rings is 1. The molecule has 3 amide bonds. The summed E-state index contributed by atoms with van der Waals surface area (Å²) in [5.74, 6) is 0.770. The number of aromatic nitrogens is 1. The second kappa shape index (κ2) is 12.2. The molecule has 184 valence electrons. The summed E-state index contributed by atoms with van der Waals surface area (Å²) in [6.45, 7) is 9.27. The van der Waals surface area contributed by atoms with Gasteiger partial charge in [-0.05, 0) is 75.5 Å². The van der Waals surface area contributed by atoms with E-state index in [-0.39, 0.29) is 24.3 Å². The Kier molecular flexibility index (Phi) is 9.30. The molecule has 1 saturated heterocycles. The second-order valence-corrected chi connectivity index (χ2v) is 8.94. The maximum atomic E-state index is 13.8. The molecule has 4 rings (SSSR count). The number of urea groups is 1. The number of hydrogen-bond acceptors (Lipinski definition) is 4. The minimum Gasteiger partial charge on any atom is -0.324 e. The third-order valence-corrected chi connectivity index (χ3v) is 6.85. The van der Waals surface area contributed by atoms with Crippen LogP contribution in [0.5, 0.6) is 0 Å². The summed E-state index contributed by atoms with van der Waals surface area (Å²) in [6, 6.07) is 10.7. The van der Waals surface area contributed by atoms with Crippen molar-refractivity contribution in [1.82, 2.24) is 14.8 Å². The fourth-order valence-corrected chi connectivity index (χ4v) is 4.95. The van der Waals surface area contributed by atoms with Crippen LogP contribution >= 0.6 is 12.4 Å². The summed E-state index contributed by atoms with van der Waals surface area (Å²) >= 11 is 0. The third-order valence-electron chi connectivity index (χ3n) is 6.85. The lowest BCUT2D eigenvalue weighted by molar-refractivity contribution is 0.102. The molecule has 8 heteroatoms. The van der Waals surface area contributed by atoms with Gasteiger partial charge in [0.25, 0.3) is 5.91 Å². The molecule has 1 aromatic heterocycles. The van der Waals surface area contributed by atoms with E-state index in [1.54, 1.807) is 29.3 Å². The molecule has 2 aliphatic rings. The first kappa shape index (κ1) is 26.0. The number of hydrogen-bond donors (Lipinski definition) is 1. The van der Waals surface area contributed by atoms with E-state index >= 15 is 0 Å². The van der Waals surface area contributed by atoms with Crippen molar-refractivity contribution in [3.63, 3.8) is 0 Å². The fourth-order valence-electron chi connectivity index (χ4n) is 4.95. The number of carbonyl (C=O) groups is 2. The van der Waals surface area contributed by atoms with Crippen LogP contribution in [-0.2, 0) is 0 Å². The van der Waals surface area contributed by atoms with Crippen molar-refractivity contribution in [2.75, 3.05) is 42.9 Å². The number of unbranched alkanes of at least 4 members (excludes halogenated alkanes) is 1. The van der Waals surface area contributed by atoms with Crippen LogP contribution in [0, 0.1) is 5.92 Å². The molecular formula is C26H36ClN5O2. The molecule has 0 bridgehead atoms. The molecule has 1 aromatic carbocycles. The van der Waals surface area contributed by atoms with Gasteiger partial charge >= 0.3 is 6.03 Å². The molecular weight excluding hydrogens is 450 g/mol. The quantitative estimate of drug-likeness (QED) is 0.522. The summed E-state index contributed by atoms with van der Waals surface area (Å²) in [7, 11) is 0. The molecule has 7 nitrogen and oxygen atoms in total. The predicted molar refractivity (Wildman–Crippen MR) is 139 cm³/mol. The van der Waals surface area contributed by atoms with E-state index in [2.05, 4.69) is 29.0 Å². The highest BCUT2D eigenvalue weighted by Crippen LogP contribution is 2.37. The lowest BCUT2D eigenvalue weighted by Crippen LogP contribution is -2.46. The molecule has 1 fully saturated rings. The Bertz CT molecular complexity index is 981. The molecule has 0 saturated carbocycles. The highest BCUT2D eigenvalue weighted by atomic mass is 35.5. The van der Waals surface area contributed by atoms with Crippen LogP contribution in [0.4, 0.5) is 22.0 Å². The molecule has 0 aliphatic carbocycles. The first-order chi connectivity index (χ1) is 16.1. The largest absolute Gasteiger partial charge is 0.330 e. The number of anilines is 3. The third kappa shape index (κ3) is 5.70. The van der Waals surface area contributed by atoms with E-state index in [1.807, 2.05) is 23.1 Å². The van der Waals surface area contributed by atoms with Crippen LogP contribution in [0.3, 0.4) is 0 Å². The van der Waals surface area contributed by atoms with Crippen molar-refractivity contribution >= 4 is 41.5 Å². The smallest absolute Gasteiger partial charge is 0.324 e. The molecule has 0 spiro atoms. The average molecular weight is 486 g/mol. The van der Waals surface area contributed by atoms with Crippen LogP contribution in [0.15, 0.2) is 42.6 Å². The normalized spacial score (nSPS) is 17.4. The number of rotatable bonds is 7. The molecule has 1 unspecified atom stereocenters. The van der Waals surface area contributed by atoms with Crippen molar-refractivity contribution in [2.24, 2.45) is 5.92 Å². The molecule has 3 heterocycles. The van der Waals surface area contributed by atoms with Crippen molar-refractivity contribution in [3.05, 3.63) is 48.2 Å². The van der Waals surface area contributed by atoms with E-state index in [0.717, 1.165) is 45.6 Å². The van der Waals surface area contributed by atoms with Gasteiger partial charge in [0.1, 0.15) is 0 Å². The number of carbonyl (C=O) groups excluding carboxylic acids is 2. The minimum absolute atomic E-state index is 0. The van der Waals surface area contributed by atoms with Crippen LogP contribution in [0.2, 0.25) is 0 Å². The van der Waals surface area contributed by atoms with E-state index in [1.165, 1.54) is 19.3 Å². The van der Waals surface area contributed by atoms with Crippen LogP contribution in [0.1, 0.15) is 56.3 Å². The number of para-hydroxylation sites is 1. The fraction of sp³-hybridized carbons (Fsp3) is 0.500. The standard InChI is InChI=1S/C26H35N5O2.ClH/c1-3-29(4-2)17-8-7-11-20-12-10-18-30(19-20)26(33)31-23-15-6-5-13-21(23)25(32)28-22-14-9-16-27-24(22)31;/h5-6,9,13-16,20H,3-4,7-8,10-12,17-19H2,1-2H3,(H,28,32);1H. The van der Waals surface area contributed by atoms with Gasteiger partial charge in [-0.15, -0.1) is 12.4 Å². The summed E-state index contributed by atoms with van der Waals surface area (Å²) in [6.07, 6.45) is 7.38. The Balaban J connectivity index is 0.00000324. The molecule has 34 heavy (non-hydrogen) atoms. The highest BCUT2D eigenvalue weighted by molar-refractivity contribution is 6.16. The van der Waals surface area contributed by atoms with Gasteiger partial charge in [0.15, 0.2) is 5.82 Å². The Morgan fingerprint density at radius 1 is 1.15 bits per heavy atom. The maximum Gasteiger partial charge on any atom is 0.330 e.